The van der Waals surface area contributed by atoms with Gasteiger partial charge in [0.1, 0.15) is 12.1 Å². The first kappa shape index (κ1) is 17.3. The summed E-state index contributed by atoms with van der Waals surface area (Å²) < 4.78 is 40.2. The number of fused-ring (bicyclic) bond motifs is 2. The van der Waals surface area contributed by atoms with Crippen molar-refractivity contribution in [3.8, 4) is 0 Å². The van der Waals surface area contributed by atoms with E-state index in [1.807, 2.05) is 19.9 Å². The summed E-state index contributed by atoms with van der Waals surface area (Å²) in [7, 11) is 0. The smallest absolute Gasteiger partial charge is 0.248 e. The fourth-order valence-corrected chi connectivity index (χ4v) is 4.29. The van der Waals surface area contributed by atoms with E-state index in [1.165, 1.54) is 0 Å². The Morgan fingerprint density at radius 3 is 2.68 bits per heavy atom. The molecule has 2 aliphatic heterocycles. The number of hydrogen-bond donors (Lipinski definition) is 2. The summed E-state index contributed by atoms with van der Waals surface area (Å²) in [5, 5.41) is 18.8. The van der Waals surface area contributed by atoms with Gasteiger partial charge in [-0.3, -0.25) is 4.68 Å². The van der Waals surface area contributed by atoms with Gasteiger partial charge in [-0.05, 0) is 32.8 Å². The quantitative estimate of drug-likeness (QED) is 0.862. The van der Waals surface area contributed by atoms with Crippen LogP contribution in [0.2, 0.25) is 0 Å². The van der Waals surface area contributed by atoms with E-state index in [4.69, 9.17) is 9.47 Å². The number of halogens is 2. The van der Waals surface area contributed by atoms with E-state index in [1.54, 1.807) is 4.68 Å². The first-order chi connectivity index (χ1) is 11.8. The number of aliphatic hydroxyl groups is 1. The topological polar surface area (TPSA) is 68.5 Å². The number of nitrogens with zero attached hydrogens (tertiary/aromatic N) is 2. The van der Waals surface area contributed by atoms with Crippen molar-refractivity contribution in [1.82, 2.24) is 15.1 Å². The van der Waals surface area contributed by atoms with E-state index >= 15 is 0 Å². The van der Waals surface area contributed by atoms with Gasteiger partial charge < -0.3 is 19.9 Å². The molecule has 3 heterocycles. The van der Waals surface area contributed by atoms with Crippen molar-refractivity contribution in [2.24, 2.45) is 0 Å². The van der Waals surface area contributed by atoms with Gasteiger partial charge in [-0.2, -0.15) is 5.10 Å². The van der Waals surface area contributed by atoms with E-state index in [-0.39, 0.29) is 31.0 Å². The largest absolute Gasteiger partial charge is 0.389 e. The van der Waals surface area contributed by atoms with Crippen molar-refractivity contribution < 1.29 is 23.4 Å². The van der Waals surface area contributed by atoms with E-state index in [9.17, 15) is 13.9 Å². The Morgan fingerprint density at radius 1 is 1.32 bits per heavy atom. The molecule has 140 valence electrons. The Balaban J connectivity index is 1.51. The van der Waals surface area contributed by atoms with Crippen LogP contribution in [0.25, 0.3) is 0 Å². The Morgan fingerprint density at radius 2 is 2.04 bits per heavy atom. The number of aromatic nitrogens is 2. The van der Waals surface area contributed by atoms with Gasteiger partial charge >= 0.3 is 0 Å². The molecule has 8 heteroatoms. The molecule has 5 unspecified atom stereocenters. The minimum atomic E-state index is -2.56. The molecule has 3 fully saturated rings. The van der Waals surface area contributed by atoms with Crippen LogP contribution in [-0.4, -0.2) is 58.0 Å². The maximum atomic E-state index is 13.4. The highest BCUT2D eigenvalue weighted by Crippen LogP contribution is 2.38. The van der Waals surface area contributed by atoms with Crippen LogP contribution in [0.4, 0.5) is 8.78 Å². The van der Waals surface area contributed by atoms with Gasteiger partial charge in [0, 0.05) is 24.6 Å². The number of ether oxygens (including phenoxy) is 2. The molecule has 2 N–H and O–H groups in total. The highest BCUT2D eigenvalue weighted by Gasteiger charge is 2.52. The summed E-state index contributed by atoms with van der Waals surface area (Å²) in [6.45, 7) is 4.22. The Bertz CT molecular complexity index is 629. The van der Waals surface area contributed by atoms with Crippen LogP contribution in [0, 0.1) is 13.8 Å². The average molecular weight is 357 g/mol. The van der Waals surface area contributed by atoms with Crippen molar-refractivity contribution >= 4 is 0 Å². The first-order valence-corrected chi connectivity index (χ1v) is 8.96. The molecular formula is C17H25F2N3O3. The van der Waals surface area contributed by atoms with E-state index in [0.717, 1.165) is 11.4 Å². The highest BCUT2D eigenvalue weighted by molar-refractivity contribution is 5.11. The number of nitrogens with one attached hydrogen (secondary N) is 1. The zero-order valence-corrected chi connectivity index (χ0v) is 14.5. The van der Waals surface area contributed by atoms with Gasteiger partial charge in [0.25, 0.3) is 0 Å². The molecule has 1 saturated carbocycles. The molecule has 3 aliphatic rings. The minimum Gasteiger partial charge on any atom is -0.389 e. The molecule has 1 aliphatic carbocycles. The molecule has 5 atom stereocenters. The van der Waals surface area contributed by atoms with Crippen molar-refractivity contribution in [2.75, 3.05) is 6.61 Å². The lowest BCUT2D eigenvalue weighted by atomic mass is 9.89. The van der Waals surface area contributed by atoms with Crippen LogP contribution in [-0.2, 0) is 9.47 Å². The Labute approximate surface area is 145 Å². The molecule has 2 bridgehead atoms. The molecule has 4 rings (SSSR count). The number of rotatable bonds is 3. The lowest BCUT2D eigenvalue weighted by Gasteiger charge is -2.41. The summed E-state index contributed by atoms with van der Waals surface area (Å²) in [6, 6.07) is 1.10. The lowest BCUT2D eigenvalue weighted by Crippen LogP contribution is -2.60. The number of aryl methyl sites for hydroxylation is 2. The first-order valence-electron chi connectivity index (χ1n) is 8.96. The van der Waals surface area contributed by atoms with Crippen LogP contribution in [0.3, 0.4) is 0 Å². The van der Waals surface area contributed by atoms with E-state index in [0.29, 0.717) is 19.4 Å². The van der Waals surface area contributed by atoms with Gasteiger partial charge in [0.05, 0.1) is 24.4 Å². The molecular weight excluding hydrogens is 332 g/mol. The third-order valence-electron chi connectivity index (χ3n) is 5.60. The van der Waals surface area contributed by atoms with Gasteiger partial charge in [0.2, 0.25) is 5.92 Å². The summed E-state index contributed by atoms with van der Waals surface area (Å²) in [5.74, 6) is -2.56. The molecule has 1 aromatic heterocycles. The Kier molecular flexibility index (Phi) is 4.34. The van der Waals surface area contributed by atoms with Crippen LogP contribution < -0.4 is 5.32 Å². The third-order valence-corrected chi connectivity index (χ3v) is 5.60. The summed E-state index contributed by atoms with van der Waals surface area (Å²) in [5.41, 5.74) is 1.79. The minimum absolute atomic E-state index is 0.0406. The van der Waals surface area contributed by atoms with Crippen LogP contribution in [0.5, 0.6) is 0 Å². The lowest BCUT2D eigenvalue weighted by molar-refractivity contribution is -0.170. The van der Waals surface area contributed by atoms with Crippen LogP contribution in [0.1, 0.15) is 43.1 Å². The van der Waals surface area contributed by atoms with Crippen molar-refractivity contribution in [2.45, 2.75) is 82.1 Å². The fourth-order valence-electron chi connectivity index (χ4n) is 4.29. The maximum Gasteiger partial charge on any atom is 0.248 e. The molecule has 1 aromatic rings. The second kappa shape index (κ2) is 6.26. The summed E-state index contributed by atoms with van der Waals surface area (Å²) in [6.07, 6.45) is -0.984. The van der Waals surface area contributed by atoms with Crippen molar-refractivity contribution in [1.29, 1.82) is 0 Å². The van der Waals surface area contributed by atoms with E-state index in [2.05, 4.69) is 10.4 Å². The number of aliphatic hydroxyl groups excluding tert-OH is 1. The predicted octanol–water partition coefficient (Wildman–Crippen LogP) is 1.69. The monoisotopic (exact) mass is 357 g/mol. The third kappa shape index (κ3) is 3.20. The standard InChI is InChI=1S/C17H25F2N3O3/c1-9-7-10(2)22(21-9)14-15(23)13(12-8-24-16(14)25-12)20-11-3-5-17(18,19)6-4-11/h7,11-16,20,23H,3-6,8H2,1-2H3. The zero-order chi connectivity index (χ0) is 17.8. The van der Waals surface area contributed by atoms with Crippen molar-refractivity contribution in [3.05, 3.63) is 17.5 Å². The Hall–Kier alpha value is -1.09. The van der Waals surface area contributed by atoms with Crippen LogP contribution >= 0.6 is 0 Å². The van der Waals surface area contributed by atoms with Crippen molar-refractivity contribution in [3.63, 3.8) is 0 Å². The molecule has 0 radical (unpaired) electrons. The van der Waals surface area contributed by atoms with E-state index < -0.39 is 24.4 Å². The van der Waals surface area contributed by atoms with Gasteiger partial charge in [0.15, 0.2) is 6.29 Å². The number of hydrogen-bond acceptors (Lipinski definition) is 5. The second-order valence-corrected chi connectivity index (χ2v) is 7.55. The molecule has 2 saturated heterocycles. The molecule has 6 nitrogen and oxygen atoms in total. The summed E-state index contributed by atoms with van der Waals surface area (Å²) in [4.78, 5) is 0. The van der Waals surface area contributed by atoms with Crippen LogP contribution in [0.15, 0.2) is 6.07 Å². The normalized spacial score (nSPS) is 38.2. The molecule has 0 aromatic carbocycles. The van der Waals surface area contributed by atoms with Gasteiger partial charge in [-0.25, -0.2) is 8.78 Å². The summed E-state index contributed by atoms with van der Waals surface area (Å²) >= 11 is 0. The van der Waals surface area contributed by atoms with Gasteiger partial charge in [-0.1, -0.05) is 0 Å². The SMILES string of the molecule is Cc1cc(C)n(C2C3OCC(O3)C(NC3CCC(F)(F)CC3)C2O)n1. The number of alkyl halides is 2. The highest BCUT2D eigenvalue weighted by atomic mass is 19.3. The zero-order valence-electron chi connectivity index (χ0n) is 14.5. The average Bonchev–Trinajstić information content (AvgIpc) is 3.11. The van der Waals surface area contributed by atoms with Gasteiger partial charge in [-0.15, -0.1) is 0 Å². The fraction of sp³-hybridized carbons (Fsp3) is 0.824. The molecule has 25 heavy (non-hydrogen) atoms. The molecule has 0 amide bonds. The maximum absolute atomic E-state index is 13.4. The predicted molar refractivity (Wildman–Crippen MR) is 85.5 cm³/mol. The molecule has 0 spiro atoms. The second-order valence-electron chi connectivity index (χ2n) is 7.55.